The zero-order chi connectivity index (χ0) is 13.4. The van der Waals surface area contributed by atoms with Gasteiger partial charge < -0.3 is 5.73 Å². The second-order valence-corrected chi connectivity index (χ2v) is 3.93. The number of nitrogens with two attached hydrogens (primary N) is 1. The summed E-state index contributed by atoms with van der Waals surface area (Å²) in [5.41, 5.74) is 7.04. The number of hydrogen-bond acceptors (Lipinski definition) is 5. The summed E-state index contributed by atoms with van der Waals surface area (Å²) in [6, 6.07) is 8.08. The molecule has 0 fully saturated rings. The van der Waals surface area contributed by atoms with E-state index in [9.17, 15) is 10.1 Å². The monoisotopic (exact) mass is 255 g/mol. The third-order valence-electron chi connectivity index (χ3n) is 2.76. The minimum atomic E-state index is -0.475. The van der Waals surface area contributed by atoms with Gasteiger partial charge in [-0.1, -0.05) is 6.07 Å². The lowest BCUT2D eigenvalue weighted by atomic mass is 10.2. The van der Waals surface area contributed by atoms with Crippen LogP contribution in [-0.2, 0) is 0 Å². The highest BCUT2D eigenvalue weighted by atomic mass is 16.6. The number of hydrogen-bond donors (Lipinski definition) is 1. The van der Waals surface area contributed by atoms with Crippen LogP contribution in [0.4, 0.5) is 11.5 Å². The Morgan fingerprint density at radius 3 is 2.89 bits per heavy atom. The topological polar surface area (TPSA) is 99.3 Å². The van der Waals surface area contributed by atoms with Crippen LogP contribution in [0.1, 0.15) is 0 Å². The first kappa shape index (κ1) is 11.1. The van der Waals surface area contributed by atoms with Gasteiger partial charge >= 0.3 is 0 Å². The molecule has 0 aliphatic rings. The maximum Gasteiger partial charge on any atom is 0.297 e. The van der Waals surface area contributed by atoms with E-state index in [0.717, 1.165) is 0 Å². The Kier molecular flexibility index (Phi) is 2.38. The summed E-state index contributed by atoms with van der Waals surface area (Å²) in [6.07, 6.45) is 3.34. The Morgan fingerprint density at radius 1 is 1.26 bits per heavy atom. The average Bonchev–Trinajstić information content (AvgIpc) is 2.86. The van der Waals surface area contributed by atoms with Crippen LogP contribution in [0.3, 0.4) is 0 Å². The van der Waals surface area contributed by atoms with Gasteiger partial charge in [0.05, 0.1) is 10.6 Å². The van der Waals surface area contributed by atoms with E-state index in [2.05, 4.69) is 9.97 Å². The van der Waals surface area contributed by atoms with E-state index in [0.29, 0.717) is 11.3 Å². The highest BCUT2D eigenvalue weighted by molar-refractivity contribution is 5.70. The average molecular weight is 255 g/mol. The van der Waals surface area contributed by atoms with Crippen LogP contribution in [0.25, 0.3) is 17.0 Å². The van der Waals surface area contributed by atoms with Gasteiger partial charge in [-0.25, -0.2) is 9.97 Å². The van der Waals surface area contributed by atoms with Crippen molar-refractivity contribution in [3.63, 3.8) is 0 Å². The van der Waals surface area contributed by atoms with Gasteiger partial charge in [-0.15, -0.1) is 0 Å². The van der Waals surface area contributed by atoms with Crippen molar-refractivity contribution in [2.45, 2.75) is 0 Å². The number of rotatable bonds is 2. The van der Waals surface area contributed by atoms with Gasteiger partial charge in [0.2, 0.25) is 0 Å². The second-order valence-electron chi connectivity index (χ2n) is 3.93. The summed E-state index contributed by atoms with van der Waals surface area (Å²) in [6.45, 7) is 0. The summed E-state index contributed by atoms with van der Waals surface area (Å²) in [5, 5.41) is 11.1. The second kappa shape index (κ2) is 4.05. The minimum absolute atomic E-state index is 0.0876. The number of pyridine rings is 2. The Bertz CT molecular complexity index is 781. The van der Waals surface area contributed by atoms with Gasteiger partial charge in [0.15, 0.2) is 5.69 Å². The fraction of sp³-hybridized carbons (Fsp3) is 0. The molecule has 94 valence electrons. The molecule has 0 aromatic carbocycles. The van der Waals surface area contributed by atoms with Crippen LogP contribution in [-0.4, -0.2) is 19.3 Å². The number of imidazole rings is 1. The largest absolute Gasteiger partial charge is 0.384 e. The van der Waals surface area contributed by atoms with E-state index in [1.54, 1.807) is 28.9 Å². The third kappa shape index (κ3) is 1.77. The summed E-state index contributed by atoms with van der Waals surface area (Å²) in [4.78, 5) is 18.8. The van der Waals surface area contributed by atoms with Crippen LogP contribution in [0.5, 0.6) is 0 Å². The molecule has 7 nitrogen and oxygen atoms in total. The molecule has 3 rings (SSSR count). The molecule has 0 aliphatic carbocycles. The molecule has 3 aromatic heterocycles. The van der Waals surface area contributed by atoms with Gasteiger partial charge in [-0.3, -0.25) is 14.5 Å². The van der Waals surface area contributed by atoms with Crippen LogP contribution in [0.15, 0.2) is 42.7 Å². The lowest BCUT2D eigenvalue weighted by molar-refractivity contribution is -0.384. The van der Waals surface area contributed by atoms with E-state index in [-0.39, 0.29) is 17.2 Å². The van der Waals surface area contributed by atoms with Crippen molar-refractivity contribution in [3.05, 3.63) is 52.8 Å². The van der Waals surface area contributed by atoms with Crippen LogP contribution >= 0.6 is 0 Å². The molecule has 3 aromatic rings. The SMILES string of the molecule is Nc1ccc([N+](=O)[O-])c(-c2cccc3nccn23)n1. The lowest BCUT2D eigenvalue weighted by Gasteiger charge is -2.06. The van der Waals surface area contributed by atoms with E-state index in [4.69, 9.17) is 5.73 Å². The fourth-order valence-corrected chi connectivity index (χ4v) is 1.94. The molecule has 7 heteroatoms. The molecule has 0 bridgehead atoms. The van der Waals surface area contributed by atoms with Crippen LogP contribution in [0, 0.1) is 10.1 Å². The molecule has 0 atom stereocenters. The van der Waals surface area contributed by atoms with Crippen molar-refractivity contribution < 1.29 is 4.92 Å². The lowest BCUT2D eigenvalue weighted by Crippen LogP contribution is -2.01. The van der Waals surface area contributed by atoms with E-state index in [1.165, 1.54) is 12.1 Å². The van der Waals surface area contributed by atoms with Crippen molar-refractivity contribution in [1.82, 2.24) is 14.4 Å². The first-order chi connectivity index (χ1) is 9.16. The standard InChI is InChI=1S/C12H9N5O2/c13-10-5-4-9(17(18)19)12(15-10)8-2-1-3-11-14-6-7-16(8)11/h1-7H,(H2,13,15). The van der Waals surface area contributed by atoms with E-state index >= 15 is 0 Å². The fourth-order valence-electron chi connectivity index (χ4n) is 1.94. The zero-order valence-electron chi connectivity index (χ0n) is 9.72. The minimum Gasteiger partial charge on any atom is -0.384 e. The summed E-state index contributed by atoms with van der Waals surface area (Å²) < 4.78 is 1.73. The molecular formula is C12H9N5O2. The highest BCUT2D eigenvalue weighted by Crippen LogP contribution is 2.28. The molecule has 0 aliphatic heterocycles. The molecule has 0 amide bonds. The quantitative estimate of drug-likeness (QED) is 0.556. The molecule has 0 saturated heterocycles. The maximum atomic E-state index is 11.1. The smallest absolute Gasteiger partial charge is 0.297 e. The van der Waals surface area contributed by atoms with Crippen molar-refractivity contribution >= 4 is 17.2 Å². The maximum absolute atomic E-state index is 11.1. The number of nitro groups is 1. The number of nitrogens with zero attached hydrogens (tertiary/aromatic N) is 4. The van der Waals surface area contributed by atoms with Gasteiger partial charge in [-0.05, 0) is 18.2 Å². The van der Waals surface area contributed by atoms with Gasteiger partial charge in [0, 0.05) is 18.5 Å². The summed E-state index contributed by atoms with van der Waals surface area (Å²) in [5.74, 6) is 0.234. The molecule has 0 spiro atoms. The van der Waals surface area contributed by atoms with Gasteiger partial charge in [0.1, 0.15) is 11.5 Å². The Hall–Kier alpha value is -2.96. The number of nitrogen functional groups attached to an aromatic ring is 1. The highest BCUT2D eigenvalue weighted by Gasteiger charge is 2.19. The van der Waals surface area contributed by atoms with Gasteiger partial charge in [-0.2, -0.15) is 0 Å². The zero-order valence-corrected chi connectivity index (χ0v) is 9.72. The molecule has 19 heavy (non-hydrogen) atoms. The summed E-state index contributed by atoms with van der Waals surface area (Å²) in [7, 11) is 0. The Morgan fingerprint density at radius 2 is 2.11 bits per heavy atom. The molecule has 3 heterocycles. The predicted octanol–water partition coefficient (Wildman–Crippen LogP) is 1.89. The van der Waals surface area contributed by atoms with Crippen molar-refractivity contribution in [2.24, 2.45) is 0 Å². The molecule has 0 saturated carbocycles. The Labute approximate surface area is 107 Å². The van der Waals surface area contributed by atoms with Gasteiger partial charge in [0.25, 0.3) is 5.69 Å². The normalized spacial score (nSPS) is 10.7. The van der Waals surface area contributed by atoms with Crippen LogP contribution < -0.4 is 5.73 Å². The van der Waals surface area contributed by atoms with E-state index in [1.807, 2.05) is 6.07 Å². The Balaban J connectivity index is 2.35. The van der Waals surface area contributed by atoms with Crippen molar-refractivity contribution in [2.75, 3.05) is 5.73 Å². The van der Waals surface area contributed by atoms with Crippen molar-refractivity contribution in [1.29, 1.82) is 0 Å². The first-order valence-electron chi connectivity index (χ1n) is 5.50. The first-order valence-corrected chi connectivity index (χ1v) is 5.50. The van der Waals surface area contributed by atoms with Crippen molar-refractivity contribution in [3.8, 4) is 11.4 Å². The van der Waals surface area contributed by atoms with E-state index < -0.39 is 4.92 Å². The molecular weight excluding hydrogens is 246 g/mol. The molecule has 2 N–H and O–H groups in total. The molecule has 0 unspecified atom stereocenters. The molecule has 0 radical (unpaired) electrons. The van der Waals surface area contributed by atoms with Crippen LogP contribution in [0.2, 0.25) is 0 Å². The number of fused-ring (bicyclic) bond motifs is 1. The number of anilines is 1. The summed E-state index contributed by atoms with van der Waals surface area (Å²) >= 11 is 0. The predicted molar refractivity (Wildman–Crippen MR) is 69.5 cm³/mol. The number of aromatic nitrogens is 3. The third-order valence-corrected chi connectivity index (χ3v) is 2.76.